The predicted octanol–water partition coefficient (Wildman–Crippen LogP) is 2.74. The fourth-order valence-electron chi connectivity index (χ4n) is 2.09. The molecule has 0 spiro atoms. The molecule has 0 aliphatic heterocycles. The summed E-state index contributed by atoms with van der Waals surface area (Å²) in [6.07, 6.45) is 0. The molecule has 2 N–H and O–H groups in total. The molecule has 1 atom stereocenters. The Balaban J connectivity index is 3.02. The van der Waals surface area contributed by atoms with E-state index in [1.54, 1.807) is 27.7 Å². The first kappa shape index (κ1) is 17.9. The van der Waals surface area contributed by atoms with Gasteiger partial charge in [0.2, 0.25) is 0 Å². The Hall–Kier alpha value is -2.18. The molecule has 1 rings (SSSR count). The van der Waals surface area contributed by atoms with Gasteiger partial charge in [-0.05, 0) is 43.0 Å². The van der Waals surface area contributed by atoms with Crippen molar-refractivity contribution >= 4 is 11.9 Å². The van der Waals surface area contributed by atoms with E-state index < -0.39 is 24.5 Å². The number of hydrogen-bond acceptors (Lipinski definition) is 3. The van der Waals surface area contributed by atoms with Crippen LogP contribution in [0.1, 0.15) is 35.3 Å². The molecule has 0 aliphatic rings. The van der Waals surface area contributed by atoms with Gasteiger partial charge in [-0.3, -0.25) is 4.79 Å². The summed E-state index contributed by atoms with van der Waals surface area (Å²) in [6, 6.07) is 1.75. The standard InChI is InChI=1S/C15H19F2NO4/c1-7(2)11(14(20)21)18-13(19)10-5-8(3)12(9(4)6-10)22-15(16)17/h5-7,11,15H,1-4H3,(H,18,19)(H,20,21)/t11-/m1/s1. The molecule has 0 radical (unpaired) electrons. The summed E-state index contributed by atoms with van der Waals surface area (Å²) in [5, 5.41) is 11.5. The minimum atomic E-state index is -2.95. The lowest BCUT2D eigenvalue weighted by atomic mass is 10.0. The number of halogens is 2. The lowest BCUT2D eigenvalue weighted by molar-refractivity contribution is -0.140. The molecule has 0 saturated heterocycles. The largest absolute Gasteiger partial charge is 0.480 e. The van der Waals surface area contributed by atoms with Gasteiger partial charge in [0.1, 0.15) is 11.8 Å². The minimum Gasteiger partial charge on any atom is -0.480 e. The highest BCUT2D eigenvalue weighted by Crippen LogP contribution is 2.26. The maximum atomic E-state index is 12.3. The fraction of sp³-hybridized carbons (Fsp3) is 0.467. The molecule has 0 aliphatic carbocycles. The van der Waals surface area contributed by atoms with Gasteiger partial charge < -0.3 is 15.2 Å². The summed E-state index contributed by atoms with van der Waals surface area (Å²) in [7, 11) is 0. The van der Waals surface area contributed by atoms with E-state index >= 15 is 0 Å². The van der Waals surface area contributed by atoms with Gasteiger partial charge in [0.15, 0.2) is 0 Å². The molecule has 1 aromatic rings. The van der Waals surface area contributed by atoms with E-state index in [9.17, 15) is 18.4 Å². The topological polar surface area (TPSA) is 75.6 Å². The Kier molecular flexibility index (Phi) is 5.84. The number of aliphatic carboxylic acids is 1. The second-order valence-electron chi connectivity index (χ2n) is 5.35. The molecular weight excluding hydrogens is 296 g/mol. The van der Waals surface area contributed by atoms with Crippen LogP contribution in [0.15, 0.2) is 12.1 Å². The SMILES string of the molecule is Cc1cc(C(=O)N[C@@H](C(=O)O)C(C)C)cc(C)c1OC(F)F. The van der Waals surface area contributed by atoms with Crippen LogP contribution in [0.4, 0.5) is 8.78 Å². The third-order valence-corrected chi connectivity index (χ3v) is 3.15. The number of carboxylic acids is 1. The van der Waals surface area contributed by atoms with Crippen molar-refractivity contribution in [3.8, 4) is 5.75 Å². The molecule has 1 aromatic carbocycles. The molecule has 122 valence electrons. The van der Waals surface area contributed by atoms with Crippen molar-refractivity contribution in [1.29, 1.82) is 0 Å². The molecular formula is C15H19F2NO4. The smallest absolute Gasteiger partial charge is 0.387 e. The number of benzene rings is 1. The lowest BCUT2D eigenvalue weighted by Gasteiger charge is -2.19. The van der Waals surface area contributed by atoms with Gasteiger partial charge in [0.25, 0.3) is 5.91 Å². The van der Waals surface area contributed by atoms with Crippen LogP contribution >= 0.6 is 0 Å². The number of amides is 1. The zero-order valence-corrected chi connectivity index (χ0v) is 12.8. The number of rotatable bonds is 6. The zero-order valence-electron chi connectivity index (χ0n) is 12.8. The van der Waals surface area contributed by atoms with E-state index in [1.165, 1.54) is 12.1 Å². The Bertz CT molecular complexity index is 550. The number of aryl methyl sites for hydroxylation is 2. The van der Waals surface area contributed by atoms with Crippen molar-refractivity contribution in [2.45, 2.75) is 40.3 Å². The summed E-state index contributed by atoms with van der Waals surface area (Å²) in [6.45, 7) is 3.48. The van der Waals surface area contributed by atoms with Crippen LogP contribution in [0.25, 0.3) is 0 Å². The van der Waals surface area contributed by atoms with Gasteiger partial charge >= 0.3 is 12.6 Å². The molecule has 7 heteroatoms. The maximum absolute atomic E-state index is 12.3. The number of carboxylic acid groups (broad SMARTS) is 1. The van der Waals surface area contributed by atoms with E-state index in [1.807, 2.05) is 0 Å². The molecule has 0 aromatic heterocycles. The van der Waals surface area contributed by atoms with Gasteiger partial charge in [-0.2, -0.15) is 8.78 Å². The van der Waals surface area contributed by atoms with Crippen LogP contribution in [0, 0.1) is 19.8 Å². The molecule has 22 heavy (non-hydrogen) atoms. The Morgan fingerprint density at radius 1 is 1.18 bits per heavy atom. The highest BCUT2D eigenvalue weighted by Gasteiger charge is 2.24. The first-order valence-electron chi connectivity index (χ1n) is 6.73. The van der Waals surface area contributed by atoms with Crippen LogP contribution in [0.3, 0.4) is 0 Å². The van der Waals surface area contributed by atoms with Crippen LogP contribution < -0.4 is 10.1 Å². The predicted molar refractivity (Wildman–Crippen MR) is 76.3 cm³/mol. The van der Waals surface area contributed by atoms with Gasteiger partial charge in [0, 0.05) is 5.56 Å². The molecule has 0 heterocycles. The summed E-state index contributed by atoms with van der Waals surface area (Å²) in [4.78, 5) is 23.2. The van der Waals surface area contributed by atoms with E-state index in [4.69, 9.17) is 5.11 Å². The van der Waals surface area contributed by atoms with Crippen molar-refractivity contribution in [3.63, 3.8) is 0 Å². The quantitative estimate of drug-likeness (QED) is 0.846. The first-order valence-corrected chi connectivity index (χ1v) is 6.73. The average molecular weight is 315 g/mol. The number of carbonyl (C=O) groups is 2. The van der Waals surface area contributed by atoms with Crippen LogP contribution in [0.2, 0.25) is 0 Å². The zero-order chi connectivity index (χ0) is 17.0. The third-order valence-electron chi connectivity index (χ3n) is 3.15. The van der Waals surface area contributed by atoms with Crippen molar-refractivity contribution in [2.75, 3.05) is 0 Å². The summed E-state index contributed by atoms with van der Waals surface area (Å²) >= 11 is 0. The Labute approximate surface area is 127 Å². The number of ether oxygens (including phenoxy) is 1. The molecule has 1 amide bonds. The molecule has 5 nitrogen and oxygen atoms in total. The van der Waals surface area contributed by atoms with Crippen molar-refractivity contribution < 1.29 is 28.2 Å². The number of carbonyl (C=O) groups excluding carboxylic acids is 1. The van der Waals surface area contributed by atoms with Crippen LogP contribution in [-0.2, 0) is 4.79 Å². The monoisotopic (exact) mass is 315 g/mol. The molecule has 0 saturated carbocycles. The highest BCUT2D eigenvalue weighted by molar-refractivity contribution is 5.97. The minimum absolute atomic E-state index is 0.0187. The summed E-state index contributed by atoms with van der Waals surface area (Å²) < 4.78 is 29.1. The normalized spacial score (nSPS) is 12.4. The molecule has 0 bridgehead atoms. The van der Waals surface area contributed by atoms with Gasteiger partial charge in [-0.25, -0.2) is 4.79 Å². The lowest BCUT2D eigenvalue weighted by Crippen LogP contribution is -2.44. The van der Waals surface area contributed by atoms with Crippen LogP contribution in [-0.4, -0.2) is 29.6 Å². The third kappa shape index (κ3) is 4.41. The van der Waals surface area contributed by atoms with Gasteiger partial charge in [-0.1, -0.05) is 13.8 Å². The molecule has 0 unspecified atom stereocenters. The van der Waals surface area contributed by atoms with Gasteiger partial charge in [0.05, 0.1) is 0 Å². The fourth-order valence-corrected chi connectivity index (χ4v) is 2.09. The average Bonchev–Trinajstić information content (AvgIpc) is 2.38. The van der Waals surface area contributed by atoms with Crippen LogP contribution in [0.5, 0.6) is 5.75 Å². The first-order chi connectivity index (χ1) is 10.1. The van der Waals surface area contributed by atoms with Crippen molar-refractivity contribution in [1.82, 2.24) is 5.32 Å². The summed E-state index contributed by atoms with van der Waals surface area (Å²) in [5.74, 6) is -1.97. The maximum Gasteiger partial charge on any atom is 0.387 e. The van der Waals surface area contributed by atoms with Crippen molar-refractivity contribution in [3.05, 3.63) is 28.8 Å². The van der Waals surface area contributed by atoms with E-state index in [0.29, 0.717) is 11.1 Å². The van der Waals surface area contributed by atoms with E-state index in [2.05, 4.69) is 10.1 Å². The van der Waals surface area contributed by atoms with E-state index in [0.717, 1.165) is 0 Å². The number of nitrogens with one attached hydrogen (secondary N) is 1. The highest BCUT2D eigenvalue weighted by atomic mass is 19.3. The second kappa shape index (κ2) is 7.20. The van der Waals surface area contributed by atoms with Crippen molar-refractivity contribution in [2.24, 2.45) is 5.92 Å². The molecule has 0 fully saturated rings. The van der Waals surface area contributed by atoms with Gasteiger partial charge in [-0.15, -0.1) is 0 Å². The summed E-state index contributed by atoms with van der Waals surface area (Å²) in [5.41, 5.74) is 0.951. The Morgan fingerprint density at radius 2 is 1.68 bits per heavy atom. The van der Waals surface area contributed by atoms with E-state index in [-0.39, 0.29) is 17.2 Å². The number of alkyl halides is 2. The number of hydrogen-bond donors (Lipinski definition) is 2. The second-order valence-corrected chi connectivity index (χ2v) is 5.35. The Morgan fingerprint density at radius 3 is 2.05 bits per heavy atom.